The van der Waals surface area contributed by atoms with E-state index < -0.39 is 0 Å². The average molecular weight is 407 g/mol. The number of benzene rings is 2. The molecule has 2 aromatic carbocycles. The van der Waals surface area contributed by atoms with Gasteiger partial charge in [-0.1, -0.05) is 55.0 Å². The minimum atomic E-state index is 0.310. The van der Waals surface area contributed by atoms with Crippen molar-refractivity contribution >= 4 is 0 Å². The Morgan fingerprint density at radius 3 is 2.23 bits per heavy atom. The normalized spacial score (nSPS) is 29.9. The standard InChI is InChI=1S/C28H38O2/c1-20-7-6-8-24(17-20)22-11-13-23(14-12-22)27-9-4-5-10-28(27)30-26-16-15-25(29-3)18-21(2)19-26/h4-10,17,21-23,25-26H,11-16,18-19H2,1-3H3. The van der Waals surface area contributed by atoms with Crippen LogP contribution in [0.25, 0.3) is 0 Å². The van der Waals surface area contributed by atoms with Crippen LogP contribution >= 0.6 is 0 Å². The highest BCUT2D eigenvalue weighted by Crippen LogP contribution is 2.43. The number of aryl methyl sites for hydroxylation is 1. The van der Waals surface area contributed by atoms with Crippen LogP contribution in [-0.4, -0.2) is 19.3 Å². The number of ether oxygens (including phenoxy) is 2. The van der Waals surface area contributed by atoms with Crippen molar-refractivity contribution in [2.24, 2.45) is 5.92 Å². The summed E-state index contributed by atoms with van der Waals surface area (Å²) >= 11 is 0. The minimum absolute atomic E-state index is 0.310. The second-order valence-electron chi connectivity index (χ2n) is 9.75. The van der Waals surface area contributed by atoms with Gasteiger partial charge in [0.2, 0.25) is 0 Å². The third kappa shape index (κ3) is 5.27. The van der Waals surface area contributed by atoms with Gasteiger partial charge in [-0.05, 0) is 93.2 Å². The van der Waals surface area contributed by atoms with Crippen molar-refractivity contribution < 1.29 is 9.47 Å². The predicted molar refractivity (Wildman–Crippen MR) is 124 cm³/mol. The van der Waals surface area contributed by atoms with Crippen molar-refractivity contribution in [1.82, 2.24) is 0 Å². The van der Waals surface area contributed by atoms with Crippen LogP contribution in [0.3, 0.4) is 0 Å². The van der Waals surface area contributed by atoms with Crippen molar-refractivity contribution in [3.63, 3.8) is 0 Å². The first kappa shape index (κ1) is 21.4. The third-order valence-corrected chi connectivity index (χ3v) is 7.37. The lowest BCUT2D eigenvalue weighted by Crippen LogP contribution is -2.20. The van der Waals surface area contributed by atoms with Crippen LogP contribution in [0.1, 0.15) is 86.8 Å². The van der Waals surface area contributed by atoms with Gasteiger partial charge in [-0.3, -0.25) is 0 Å². The third-order valence-electron chi connectivity index (χ3n) is 7.37. The lowest BCUT2D eigenvalue weighted by atomic mass is 9.76. The zero-order valence-corrected chi connectivity index (χ0v) is 19.0. The van der Waals surface area contributed by atoms with E-state index in [4.69, 9.17) is 9.47 Å². The number of rotatable bonds is 5. The average Bonchev–Trinajstić information content (AvgIpc) is 2.95. The molecule has 0 N–H and O–H groups in total. The molecule has 2 aliphatic carbocycles. The Kier molecular flexibility index (Phi) is 7.15. The Hall–Kier alpha value is -1.80. The van der Waals surface area contributed by atoms with E-state index in [1.807, 2.05) is 7.11 Å². The van der Waals surface area contributed by atoms with Crippen LogP contribution in [-0.2, 0) is 4.74 Å². The first-order chi connectivity index (χ1) is 14.6. The molecule has 0 aromatic heterocycles. The molecule has 2 aliphatic rings. The van der Waals surface area contributed by atoms with Gasteiger partial charge in [0.25, 0.3) is 0 Å². The van der Waals surface area contributed by atoms with Gasteiger partial charge in [0.15, 0.2) is 0 Å². The number of hydrogen-bond donors (Lipinski definition) is 0. The van der Waals surface area contributed by atoms with Gasteiger partial charge in [0, 0.05) is 7.11 Å². The molecule has 2 heteroatoms. The summed E-state index contributed by atoms with van der Waals surface area (Å²) in [5, 5.41) is 0. The summed E-state index contributed by atoms with van der Waals surface area (Å²) in [7, 11) is 1.85. The first-order valence-corrected chi connectivity index (χ1v) is 12.0. The Morgan fingerprint density at radius 2 is 1.47 bits per heavy atom. The second kappa shape index (κ2) is 10.0. The van der Waals surface area contributed by atoms with E-state index in [-0.39, 0.29) is 0 Å². The summed E-state index contributed by atoms with van der Waals surface area (Å²) in [6, 6.07) is 17.9. The van der Waals surface area contributed by atoms with Crippen molar-refractivity contribution in [3.8, 4) is 5.75 Å². The largest absolute Gasteiger partial charge is 0.490 e. The Morgan fingerprint density at radius 1 is 0.767 bits per heavy atom. The molecule has 2 aromatic rings. The highest BCUT2D eigenvalue weighted by Gasteiger charge is 2.28. The van der Waals surface area contributed by atoms with E-state index in [9.17, 15) is 0 Å². The molecular weight excluding hydrogens is 368 g/mol. The molecule has 3 unspecified atom stereocenters. The summed E-state index contributed by atoms with van der Waals surface area (Å²) in [6.45, 7) is 4.54. The lowest BCUT2D eigenvalue weighted by molar-refractivity contribution is 0.0797. The Balaban J connectivity index is 1.41. The number of methoxy groups -OCH3 is 1. The molecule has 0 spiro atoms. The summed E-state index contributed by atoms with van der Waals surface area (Å²) in [6.07, 6.45) is 10.3. The predicted octanol–water partition coefficient (Wildman–Crippen LogP) is 7.41. The molecule has 162 valence electrons. The van der Waals surface area contributed by atoms with Crippen LogP contribution in [0.5, 0.6) is 5.75 Å². The molecule has 3 atom stereocenters. The molecule has 2 saturated carbocycles. The molecule has 0 radical (unpaired) electrons. The maximum atomic E-state index is 6.65. The van der Waals surface area contributed by atoms with Crippen molar-refractivity contribution in [2.45, 2.75) is 89.3 Å². The highest BCUT2D eigenvalue weighted by molar-refractivity contribution is 5.37. The van der Waals surface area contributed by atoms with Gasteiger partial charge in [0.05, 0.1) is 12.2 Å². The Labute approximate surface area is 183 Å². The molecule has 2 fully saturated rings. The van der Waals surface area contributed by atoms with Gasteiger partial charge in [-0.15, -0.1) is 0 Å². The maximum Gasteiger partial charge on any atom is 0.123 e. The van der Waals surface area contributed by atoms with Gasteiger partial charge in [-0.2, -0.15) is 0 Å². The summed E-state index contributed by atoms with van der Waals surface area (Å²) in [5.74, 6) is 3.11. The maximum absolute atomic E-state index is 6.65. The van der Waals surface area contributed by atoms with E-state index in [1.165, 1.54) is 42.4 Å². The van der Waals surface area contributed by atoms with Crippen LogP contribution in [0.15, 0.2) is 48.5 Å². The number of hydrogen-bond acceptors (Lipinski definition) is 2. The lowest BCUT2D eigenvalue weighted by Gasteiger charge is -2.31. The second-order valence-corrected chi connectivity index (χ2v) is 9.75. The zero-order chi connectivity index (χ0) is 20.9. The van der Waals surface area contributed by atoms with E-state index in [0.29, 0.717) is 30.0 Å². The van der Waals surface area contributed by atoms with Crippen molar-refractivity contribution in [2.75, 3.05) is 7.11 Å². The fourth-order valence-electron chi connectivity index (χ4n) is 5.69. The molecule has 2 nitrogen and oxygen atoms in total. The summed E-state index contributed by atoms with van der Waals surface area (Å²) < 4.78 is 12.3. The molecule has 0 bridgehead atoms. The highest BCUT2D eigenvalue weighted by atomic mass is 16.5. The van der Waals surface area contributed by atoms with E-state index in [1.54, 1.807) is 0 Å². The molecule has 4 rings (SSSR count). The molecule has 0 aliphatic heterocycles. The van der Waals surface area contributed by atoms with Gasteiger partial charge < -0.3 is 9.47 Å². The van der Waals surface area contributed by atoms with Crippen LogP contribution in [0.4, 0.5) is 0 Å². The van der Waals surface area contributed by atoms with Gasteiger partial charge >= 0.3 is 0 Å². The quantitative estimate of drug-likeness (QED) is 0.481. The van der Waals surface area contributed by atoms with Crippen LogP contribution in [0.2, 0.25) is 0 Å². The van der Waals surface area contributed by atoms with Crippen molar-refractivity contribution in [3.05, 3.63) is 65.2 Å². The minimum Gasteiger partial charge on any atom is -0.490 e. The fraction of sp³-hybridized carbons (Fsp3) is 0.571. The van der Waals surface area contributed by atoms with Gasteiger partial charge in [-0.25, -0.2) is 0 Å². The monoisotopic (exact) mass is 406 g/mol. The molecule has 0 saturated heterocycles. The Bertz CT molecular complexity index is 806. The molecule has 0 heterocycles. The van der Waals surface area contributed by atoms with Gasteiger partial charge in [0.1, 0.15) is 5.75 Å². The van der Waals surface area contributed by atoms with Crippen molar-refractivity contribution in [1.29, 1.82) is 0 Å². The van der Waals surface area contributed by atoms with E-state index in [2.05, 4.69) is 62.4 Å². The van der Waals surface area contributed by atoms with E-state index in [0.717, 1.165) is 31.4 Å². The van der Waals surface area contributed by atoms with Crippen LogP contribution in [0, 0.1) is 12.8 Å². The smallest absolute Gasteiger partial charge is 0.123 e. The molecule has 30 heavy (non-hydrogen) atoms. The zero-order valence-electron chi connectivity index (χ0n) is 19.0. The topological polar surface area (TPSA) is 18.5 Å². The fourth-order valence-corrected chi connectivity index (χ4v) is 5.69. The molecule has 0 amide bonds. The summed E-state index contributed by atoms with van der Waals surface area (Å²) in [5.41, 5.74) is 4.33. The van der Waals surface area contributed by atoms with E-state index >= 15 is 0 Å². The van der Waals surface area contributed by atoms with Crippen LogP contribution < -0.4 is 4.74 Å². The first-order valence-electron chi connectivity index (χ1n) is 12.0. The SMILES string of the molecule is COC1CCC(Oc2ccccc2C2CCC(c3cccc(C)c3)CC2)CC(C)C1. The molecular formula is C28H38O2. The number of para-hydroxylation sites is 1. The summed E-state index contributed by atoms with van der Waals surface area (Å²) in [4.78, 5) is 0.